The van der Waals surface area contributed by atoms with Gasteiger partial charge in [0.25, 0.3) is 0 Å². The number of hydrogen-bond donors (Lipinski definition) is 3. The van der Waals surface area contributed by atoms with Gasteiger partial charge in [-0.05, 0) is 60.0 Å². The van der Waals surface area contributed by atoms with Crippen molar-refractivity contribution >= 4 is 17.5 Å². The molecule has 0 radical (unpaired) electrons. The maximum Gasteiger partial charge on any atom is 0.508 e. The first-order valence-corrected chi connectivity index (χ1v) is 18.1. The maximum atomic E-state index is 13.8. The zero-order valence-electron chi connectivity index (χ0n) is 29.9. The molecule has 4 atom stereocenters. The number of piperidine rings is 1. The average molecular weight is 741 g/mol. The lowest BCUT2D eigenvalue weighted by molar-refractivity contribution is -0.492. The van der Waals surface area contributed by atoms with Crippen LogP contribution in [0.1, 0.15) is 36.3 Å². The highest BCUT2D eigenvalue weighted by molar-refractivity contribution is 5.61. The minimum atomic E-state index is -0.848. The SMILES string of the molecule is COCCCN1CCOc2ccc(COC3CNCC(OC(=O)OCCCON(O)O)C3c3ccc(OC4CCN(c5cccc(F)c5)C4)cc3)cc21. The lowest BCUT2D eigenvalue weighted by atomic mass is 9.85. The Balaban J connectivity index is 1.13. The average Bonchev–Trinajstić information content (AvgIpc) is 3.63. The zero-order chi connectivity index (χ0) is 37.0. The number of nitrogens with zero attached hydrogens (tertiary/aromatic N) is 3. The molecule has 288 valence electrons. The highest BCUT2D eigenvalue weighted by Crippen LogP contribution is 2.35. The molecule has 14 nitrogen and oxygen atoms in total. The van der Waals surface area contributed by atoms with E-state index in [-0.39, 0.29) is 49.0 Å². The van der Waals surface area contributed by atoms with Gasteiger partial charge in [0.05, 0.1) is 50.1 Å². The summed E-state index contributed by atoms with van der Waals surface area (Å²) < 4.78 is 49.0. The summed E-state index contributed by atoms with van der Waals surface area (Å²) in [6.07, 6.45) is 0.0728. The van der Waals surface area contributed by atoms with Gasteiger partial charge in [0.1, 0.15) is 36.1 Å². The third-order valence-electron chi connectivity index (χ3n) is 9.56. The van der Waals surface area contributed by atoms with Gasteiger partial charge in [-0.3, -0.25) is 15.3 Å². The second-order valence-electron chi connectivity index (χ2n) is 13.2. The summed E-state index contributed by atoms with van der Waals surface area (Å²) in [5, 5.41) is 20.3. The number of carbonyl (C=O) groups is 1. The first-order valence-electron chi connectivity index (χ1n) is 18.1. The Bertz CT molecular complexity index is 1600. The van der Waals surface area contributed by atoms with Gasteiger partial charge in [0.2, 0.25) is 0 Å². The van der Waals surface area contributed by atoms with Crippen LogP contribution in [0.2, 0.25) is 0 Å². The van der Waals surface area contributed by atoms with Crippen LogP contribution in [0.25, 0.3) is 0 Å². The second kappa shape index (κ2) is 19.2. The molecule has 0 bridgehead atoms. The van der Waals surface area contributed by atoms with Crippen LogP contribution >= 0.6 is 0 Å². The van der Waals surface area contributed by atoms with Crippen LogP contribution < -0.4 is 24.6 Å². The van der Waals surface area contributed by atoms with E-state index in [1.807, 2.05) is 42.5 Å². The molecule has 53 heavy (non-hydrogen) atoms. The molecule has 0 aromatic heterocycles. The predicted octanol–water partition coefficient (Wildman–Crippen LogP) is 4.91. The summed E-state index contributed by atoms with van der Waals surface area (Å²) >= 11 is 0. The molecular weight excluding hydrogens is 691 g/mol. The topological polar surface area (TPSA) is 144 Å². The number of halogens is 1. The molecule has 3 N–H and O–H groups in total. The van der Waals surface area contributed by atoms with Gasteiger partial charge in [-0.25, -0.2) is 9.18 Å². The second-order valence-corrected chi connectivity index (χ2v) is 13.2. The molecule has 2 saturated heterocycles. The van der Waals surface area contributed by atoms with E-state index in [0.717, 1.165) is 60.7 Å². The molecule has 0 aliphatic carbocycles. The van der Waals surface area contributed by atoms with Crippen molar-refractivity contribution in [3.8, 4) is 11.5 Å². The van der Waals surface area contributed by atoms with Gasteiger partial charge >= 0.3 is 6.16 Å². The molecule has 3 aromatic carbocycles. The molecule has 3 aliphatic heterocycles. The Morgan fingerprint density at radius 3 is 2.66 bits per heavy atom. The Kier molecular flexibility index (Phi) is 14.0. The van der Waals surface area contributed by atoms with E-state index in [1.165, 1.54) is 12.1 Å². The fourth-order valence-corrected chi connectivity index (χ4v) is 7.02. The minimum Gasteiger partial charge on any atom is -0.490 e. The molecule has 0 spiro atoms. The van der Waals surface area contributed by atoms with E-state index in [0.29, 0.717) is 45.2 Å². The quantitative estimate of drug-likeness (QED) is 0.0979. The fraction of sp³-hybridized carbons (Fsp3) is 0.500. The van der Waals surface area contributed by atoms with Crippen molar-refractivity contribution in [2.24, 2.45) is 0 Å². The molecule has 6 rings (SSSR count). The standard InChI is InChI=1S/C38H49FN4O10/c1-47-17-3-14-41-16-20-48-34-12-7-27(21-33(34)41)26-50-35-23-40-24-36(53-38(44)49-18-4-19-51-43(45)46)37(35)28-8-10-31(11-9-28)52-32-13-15-42(25-32)30-6-2-5-29(39)22-30/h2,5-12,21-22,32,35-37,40,45-46H,3-4,13-20,23-26H2,1H3. The molecule has 4 unspecified atom stereocenters. The van der Waals surface area contributed by atoms with Gasteiger partial charge < -0.3 is 43.5 Å². The van der Waals surface area contributed by atoms with Gasteiger partial charge in [0.15, 0.2) is 0 Å². The van der Waals surface area contributed by atoms with Gasteiger partial charge in [-0.15, -0.1) is 0 Å². The summed E-state index contributed by atoms with van der Waals surface area (Å²) in [6, 6.07) is 20.5. The van der Waals surface area contributed by atoms with Crippen molar-refractivity contribution in [2.75, 3.05) is 82.6 Å². The third kappa shape index (κ3) is 10.9. The number of nitrogens with one attached hydrogen (secondary N) is 1. The predicted molar refractivity (Wildman–Crippen MR) is 191 cm³/mol. The molecule has 2 fully saturated rings. The summed E-state index contributed by atoms with van der Waals surface area (Å²) in [4.78, 5) is 21.7. The summed E-state index contributed by atoms with van der Waals surface area (Å²) in [5.41, 5.74) is 3.78. The Labute approximate surface area is 308 Å². The van der Waals surface area contributed by atoms with E-state index in [9.17, 15) is 9.18 Å². The number of carbonyl (C=O) groups excluding carboxylic acids is 1. The number of fused-ring (bicyclic) bond motifs is 1. The van der Waals surface area contributed by atoms with Crippen LogP contribution in [0.4, 0.5) is 20.6 Å². The molecule has 0 saturated carbocycles. The number of rotatable bonds is 17. The van der Waals surface area contributed by atoms with Crippen molar-refractivity contribution in [1.82, 2.24) is 10.7 Å². The summed E-state index contributed by atoms with van der Waals surface area (Å²) in [7, 11) is 1.71. The van der Waals surface area contributed by atoms with Gasteiger partial charge in [-0.2, -0.15) is 0 Å². The third-order valence-corrected chi connectivity index (χ3v) is 9.56. The first kappa shape index (κ1) is 38.5. The summed E-state index contributed by atoms with van der Waals surface area (Å²) in [5.74, 6) is 0.961. The Morgan fingerprint density at radius 1 is 1.00 bits per heavy atom. The molecule has 15 heteroatoms. The van der Waals surface area contributed by atoms with Gasteiger partial charge in [-0.1, -0.05) is 24.3 Å². The minimum absolute atomic E-state index is 0.0359. The van der Waals surface area contributed by atoms with E-state index in [1.54, 1.807) is 13.2 Å². The normalized spacial score (nSPS) is 21.3. The van der Waals surface area contributed by atoms with Crippen LogP contribution in [-0.4, -0.2) is 113 Å². The van der Waals surface area contributed by atoms with E-state index >= 15 is 0 Å². The zero-order valence-corrected chi connectivity index (χ0v) is 29.9. The molecule has 0 amide bonds. The van der Waals surface area contributed by atoms with Crippen LogP contribution in [0.3, 0.4) is 0 Å². The van der Waals surface area contributed by atoms with Crippen molar-refractivity contribution in [3.05, 3.63) is 83.7 Å². The molecular formula is C38H49FN4O10. The number of anilines is 2. The molecule has 3 aliphatic rings. The monoisotopic (exact) mass is 740 g/mol. The number of methoxy groups -OCH3 is 1. The largest absolute Gasteiger partial charge is 0.508 e. The van der Waals surface area contributed by atoms with E-state index in [4.69, 9.17) is 38.8 Å². The highest BCUT2D eigenvalue weighted by Gasteiger charge is 2.38. The maximum absolute atomic E-state index is 13.8. The number of hydrogen-bond acceptors (Lipinski definition) is 14. The van der Waals surface area contributed by atoms with Crippen LogP contribution in [0, 0.1) is 5.82 Å². The number of benzene rings is 3. The Morgan fingerprint density at radius 2 is 1.85 bits per heavy atom. The lowest BCUT2D eigenvalue weighted by Crippen LogP contribution is -2.51. The van der Waals surface area contributed by atoms with Gasteiger partial charge in [0, 0.05) is 64.3 Å². The fourth-order valence-electron chi connectivity index (χ4n) is 7.02. The van der Waals surface area contributed by atoms with Crippen LogP contribution in [0.5, 0.6) is 11.5 Å². The first-order chi connectivity index (χ1) is 25.9. The smallest absolute Gasteiger partial charge is 0.490 e. The highest BCUT2D eigenvalue weighted by atomic mass is 19.1. The van der Waals surface area contributed by atoms with Crippen molar-refractivity contribution < 1.29 is 52.9 Å². The van der Waals surface area contributed by atoms with Crippen molar-refractivity contribution in [3.63, 3.8) is 0 Å². The molecule has 3 heterocycles. The Hall–Kier alpha value is -4.22. The van der Waals surface area contributed by atoms with Crippen molar-refractivity contribution in [1.29, 1.82) is 0 Å². The van der Waals surface area contributed by atoms with Crippen LogP contribution in [-0.2, 0) is 30.4 Å². The van der Waals surface area contributed by atoms with E-state index in [2.05, 4.69) is 26.0 Å². The summed E-state index contributed by atoms with van der Waals surface area (Å²) in [6.45, 7) is 5.53. The molecule has 3 aromatic rings. The van der Waals surface area contributed by atoms with E-state index < -0.39 is 12.3 Å². The number of ether oxygens (including phenoxy) is 6. The van der Waals surface area contributed by atoms with Crippen LogP contribution in [0.15, 0.2) is 66.7 Å². The lowest BCUT2D eigenvalue weighted by Gasteiger charge is -2.38. The van der Waals surface area contributed by atoms with Crippen molar-refractivity contribution in [2.45, 2.75) is 50.1 Å².